The second kappa shape index (κ2) is 8.54. The number of pyridine rings is 1. The predicted molar refractivity (Wildman–Crippen MR) is 133 cm³/mol. The standard InChI is InChI=1S/C26H27ClF4N6O/c1-24(2,26(29,30)31)36-11-15-6-17(27)4-5-19(15)37-22(12-36)33-34-23(37)16-8-25(9-16)13-35(14-25)21-7-20(38-3)18(28)10-32-21/h4-7,10,16H,8-9,11-14H2,1-3H3. The third-order valence-corrected chi connectivity index (χ3v) is 8.58. The first-order valence-electron chi connectivity index (χ1n) is 12.4. The molecule has 2 fully saturated rings. The fourth-order valence-electron chi connectivity index (χ4n) is 5.96. The number of alkyl halides is 3. The monoisotopic (exact) mass is 550 g/mol. The maximum atomic E-state index is 14.0. The van der Waals surface area contributed by atoms with Crippen molar-refractivity contribution in [3.8, 4) is 11.4 Å². The zero-order valence-electron chi connectivity index (χ0n) is 21.2. The first kappa shape index (κ1) is 25.4. The molecule has 0 atom stereocenters. The first-order valence-corrected chi connectivity index (χ1v) is 12.8. The summed E-state index contributed by atoms with van der Waals surface area (Å²) in [6, 6.07) is 6.91. The number of ether oxygens (including phenoxy) is 1. The van der Waals surface area contributed by atoms with E-state index in [1.165, 1.54) is 32.1 Å². The Bertz CT molecular complexity index is 1390. The van der Waals surface area contributed by atoms with Gasteiger partial charge in [0.15, 0.2) is 17.4 Å². The van der Waals surface area contributed by atoms with Gasteiger partial charge in [0.25, 0.3) is 0 Å². The second-order valence-electron chi connectivity index (χ2n) is 11.1. The van der Waals surface area contributed by atoms with Gasteiger partial charge in [-0.05, 0) is 50.5 Å². The molecule has 202 valence electrons. The van der Waals surface area contributed by atoms with E-state index in [4.69, 9.17) is 16.3 Å². The number of aromatic nitrogens is 4. The third kappa shape index (κ3) is 3.93. The van der Waals surface area contributed by atoms with Crippen LogP contribution < -0.4 is 9.64 Å². The van der Waals surface area contributed by atoms with Crippen LogP contribution in [0.2, 0.25) is 5.02 Å². The van der Waals surface area contributed by atoms with Crippen molar-refractivity contribution in [2.24, 2.45) is 5.41 Å². The van der Waals surface area contributed by atoms with E-state index in [1.54, 1.807) is 18.2 Å². The zero-order valence-corrected chi connectivity index (χ0v) is 21.9. The van der Waals surface area contributed by atoms with E-state index in [1.807, 2.05) is 10.6 Å². The zero-order chi connectivity index (χ0) is 27.0. The van der Waals surface area contributed by atoms with Gasteiger partial charge in [-0.1, -0.05) is 11.6 Å². The molecule has 4 heterocycles. The summed E-state index contributed by atoms with van der Waals surface area (Å²) in [7, 11) is 1.42. The summed E-state index contributed by atoms with van der Waals surface area (Å²) in [5.74, 6) is 1.71. The number of halogens is 5. The van der Waals surface area contributed by atoms with Gasteiger partial charge < -0.3 is 9.64 Å². The highest BCUT2D eigenvalue weighted by atomic mass is 35.5. The number of hydrogen-bond donors (Lipinski definition) is 0. The lowest BCUT2D eigenvalue weighted by molar-refractivity contribution is -0.224. The number of rotatable bonds is 4. The van der Waals surface area contributed by atoms with E-state index in [9.17, 15) is 17.6 Å². The number of hydrogen-bond acceptors (Lipinski definition) is 6. The molecule has 6 rings (SSSR count). The fourth-order valence-corrected chi connectivity index (χ4v) is 6.15. The lowest BCUT2D eigenvalue weighted by Gasteiger charge is -2.59. The van der Waals surface area contributed by atoms with Crippen molar-refractivity contribution < 1.29 is 22.3 Å². The highest BCUT2D eigenvalue weighted by Gasteiger charge is 2.55. The van der Waals surface area contributed by atoms with Crippen molar-refractivity contribution in [1.82, 2.24) is 24.6 Å². The van der Waals surface area contributed by atoms with E-state index >= 15 is 0 Å². The molecule has 1 saturated heterocycles. The molecule has 1 aliphatic carbocycles. The Hall–Kier alpha value is -2.92. The molecule has 7 nitrogen and oxygen atoms in total. The lowest BCUT2D eigenvalue weighted by Crippen LogP contribution is -2.62. The van der Waals surface area contributed by atoms with Crippen LogP contribution in [0.4, 0.5) is 23.4 Å². The summed E-state index contributed by atoms with van der Waals surface area (Å²) in [5, 5.41) is 9.32. The lowest BCUT2D eigenvalue weighted by atomic mass is 9.57. The second-order valence-corrected chi connectivity index (χ2v) is 11.6. The van der Waals surface area contributed by atoms with Gasteiger partial charge in [0, 0.05) is 42.1 Å². The molecule has 3 aromatic rings. The smallest absolute Gasteiger partial charge is 0.406 e. The highest BCUT2D eigenvalue weighted by molar-refractivity contribution is 6.30. The van der Waals surface area contributed by atoms with Crippen LogP contribution in [0.15, 0.2) is 30.5 Å². The van der Waals surface area contributed by atoms with Gasteiger partial charge in [-0.25, -0.2) is 9.37 Å². The Kier molecular flexibility index (Phi) is 5.70. The van der Waals surface area contributed by atoms with Gasteiger partial charge >= 0.3 is 6.18 Å². The molecule has 0 unspecified atom stereocenters. The molecule has 0 amide bonds. The summed E-state index contributed by atoms with van der Waals surface area (Å²) < 4.78 is 62.7. The molecular formula is C26H27ClF4N6O. The molecule has 1 aromatic carbocycles. The minimum Gasteiger partial charge on any atom is -0.493 e. The Morgan fingerprint density at radius 2 is 1.82 bits per heavy atom. The third-order valence-electron chi connectivity index (χ3n) is 8.34. The molecule has 1 saturated carbocycles. The van der Waals surface area contributed by atoms with Crippen LogP contribution in [-0.4, -0.2) is 56.6 Å². The van der Waals surface area contributed by atoms with Gasteiger partial charge in [-0.2, -0.15) is 13.2 Å². The minimum atomic E-state index is -4.43. The largest absolute Gasteiger partial charge is 0.493 e. The molecule has 2 aromatic heterocycles. The summed E-state index contributed by atoms with van der Waals surface area (Å²) in [4.78, 5) is 7.67. The number of nitrogens with zero attached hydrogens (tertiary/aromatic N) is 6. The van der Waals surface area contributed by atoms with Crippen LogP contribution in [0.1, 0.15) is 49.8 Å². The van der Waals surface area contributed by atoms with E-state index in [0.29, 0.717) is 22.2 Å². The average molecular weight is 551 g/mol. The van der Waals surface area contributed by atoms with E-state index in [0.717, 1.165) is 37.4 Å². The van der Waals surface area contributed by atoms with Crippen molar-refractivity contribution >= 4 is 17.4 Å². The molecule has 2 aliphatic heterocycles. The Balaban J connectivity index is 1.25. The predicted octanol–water partition coefficient (Wildman–Crippen LogP) is 5.50. The van der Waals surface area contributed by atoms with Gasteiger partial charge in [0.1, 0.15) is 17.2 Å². The molecule has 1 spiro atoms. The van der Waals surface area contributed by atoms with Crippen molar-refractivity contribution in [1.29, 1.82) is 0 Å². The number of benzene rings is 1. The fraction of sp³-hybridized carbons (Fsp3) is 0.500. The summed E-state index contributed by atoms with van der Waals surface area (Å²) in [6.07, 6.45) is -1.51. The van der Waals surface area contributed by atoms with Gasteiger partial charge in [-0.15, -0.1) is 10.2 Å². The maximum Gasteiger partial charge on any atom is 0.406 e. The summed E-state index contributed by atoms with van der Waals surface area (Å²) in [5.41, 5.74) is -0.502. The molecular weight excluding hydrogens is 524 g/mol. The van der Waals surface area contributed by atoms with Crippen LogP contribution in [0.5, 0.6) is 5.75 Å². The first-order chi connectivity index (χ1) is 17.9. The Morgan fingerprint density at radius 3 is 2.50 bits per heavy atom. The maximum absolute atomic E-state index is 14.0. The van der Waals surface area contributed by atoms with Crippen LogP contribution in [0.25, 0.3) is 5.69 Å². The number of anilines is 1. The highest BCUT2D eigenvalue weighted by Crippen LogP contribution is 2.57. The molecule has 12 heteroatoms. The van der Waals surface area contributed by atoms with E-state index < -0.39 is 17.5 Å². The normalized spacial score (nSPS) is 19.4. The van der Waals surface area contributed by atoms with E-state index in [2.05, 4.69) is 20.1 Å². The van der Waals surface area contributed by atoms with Crippen LogP contribution in [0.3, 0.4) is 0 Å². The quantitative estimate of drug-likeness (QED) is 0.400. The Morgan fingerprint density at radius 1 is 1.08 bits per heavy atom. The minimum absolute atomic E-state index is 0.00944. The Labute approximate surface area is 222 Å². The number of fused-ring (bicyclic) bond motifs is 3. The molecule has 3 aliphatic rings. The SMILES string of the molecule is COc1cc(N2CC3(CC(c4nnc5n4-c4ccc(Cl)cc4CN(C(C)(C)C(F)(F)F)C5)C3)C2)ncc1F. The summed E-state index contributed by atoms with van der Waals surface area (Å²) >= 11 is 6.26. The van der Waals surface area contributed by atoms with Crippen LogP contribution >= 0.6 is 11.6 Å². The topological polar surface area (TPSA) is 59.3 Å². The molecule has 0 N–H and O–H groups in total. The van der Waals surface area contributed by atoms with Crippen LogP contribution in [0, 0.1) is 11.2 Å². The van der Waals surface area contributed by atoms with Crippen molar-refractivity contribution in [3.05, 3.63) is 58.5 Å². The average Bonchev–Trinajstić information content (AvgIpc) is 3.12. The van der Waals surface area contributed by atoms with Gasteiger partial charge in [-0.3, -0.25) is 9.47 Å². The molecule has 0 bridgehead atoms. The molecule has 0 radical (unpaired) electrons. The van der Waals surface area contributed by atoms with Gasteiger partial charge in [0.2, 0.25) is 0 Å². The van der Waals surface area contributed by atoms with Crippen molar-refractivity contribution in [3.63, 3.8) is 0 Å². The van der Waals surface area contributed by atoms with Crippen LogP contribution in [-0.2, 0) is 13.1 Å². The van der Waals surface area contributed by atoms with Crippen molar-refractivity contribution in [2.45, 2.75) is 57.4 Å². The molecule has 38 heavy (non-hydrogen) atoms. The van der Waals surface area contributed by atoms with Gasteiger partial charge in [0.05, 0.1) is 25.5 Å². The van der Waals surface area contributed by atoms with Crippen molar-refractivity contribution in [2.75, 3.05) is 25.1 Å². The summed E-state index contributed by atoms with van der Waals surface area (Å²) in [6.45, 7) is 4.04. The number of methoxy groups -OCH3 is 1. The van der Waals surface area contributed by atoms with E-state index in [-0.39, 0.29) is 30.2 Å².